The topological polar surface area (TPSA) is 48.4 Å². The molecule has 4 heteroatoms. The van der Waals surface area contributed by atoms with Gasteiger partial charge in [0, 0.05) is 15.9 Å². The lowest BCUT2D eigenvalue weighted by atomic mass is 10.1. The number of rotatable bonds is 3. The maximum atomic E-state index is 6.30. The van der Waals surface area contributed by atoms with Gasteiger partial charge in [-0.25, -0.2) is 0 Å². The zero-order valence-corrected chi connectivity index (χ0v) is 12.6. The molecule has 2 N–H and O–H groups in total. The van der Waals surface area contributed by atoms with Crippen molar-refractivity contribution in [1.29, 1.82) is 0 Å². The molecule has 0 aliphatic carbocycles. The molecule has 2 aromatic carbocycles. The molecule has 20 heavy (non-hydrogen) atoms. The third kappa shape index (κ3) is 2.32. The Kier molecular flexibility index (Phi) is 3.51. The van der Waals surface area contributed by atoms with Gasteiger partial charge in [0.1, 0.15) is 17.1 Å². The van der Waals surface area contributed by atoms with E-state index in [-0.39, 0.29) is 6.04 Å². The number of furan rings is 1. The molecule has 3 nitrogen and oxygen atoms in total. The Hall–Kier alpha value is -1.78. The molecule has 1 atom stereocenters. The SMILES string of the molecule is COc1ccc2cc(C(N)c3ccccc3Br)oc2c1. The van der Waals surface area contributed by atoms with Gasteiger partial charge in [-0.15, -0.1) is 0 Å². The lowest BCUT2D eigenvalue weighted by Crippen LogP contribution is -2.11. The molecule has 1 aromatic heterocycles. The van der Waals surface area contributed by atoms with Gasteiger partial charge in [0.15, 0.2) is 0 Å². The summed E-state index contributed by atoms with van der Waals surface area (Å²) >= 11 is 3.52. The zero-order valence-electron chi connectivity index (χ0n) is 11.0. The summed E-state index contributed by atoms with van der Waals surface area (Å²) in [5, 5.41) is 1.02. The predicted molar refractivity (Wildman–Crippen MR) is 82.9 cm³/mol. The molecule has 0 saturated carbocycles. The average molecular weight is 332 g/mol. The first-order valence-electron chi connectivity index (χ1n) is 6.26. The van der Waals surface area contributed by atoms with E-state index >= 15 is 0 Å². The van der Waals surface area contributed by atoms with Crippen LogP contribution in [0, 0.1) is 0 Å². The molecule has 3 rings (SSSR count). The van der Waals surface area contributed by atoms with E-state index in [2.05, 4.69) is 15.9 Å². The maximum Gasteiger partial charge on any atom is 0.138 e. The van der Waals surface area contributed by atoms with E-state index < -0.39 is 0 Å². The van der Waals surface area contributed by atoms with Gasteiger partial charge in [-0.05, 0) is 29.8 Å². The van der Waals surface area contributed by atoms with Crippen LogP contribution in [0.4, 0.5) is 0 Å². The molecular weight excluding hydrogens is 318 g/mol. The van der Waals surface area contributed by atoms with Gasteiger partial charge in [0.05, 0.1) is 13.2 Å². The highest BCUT2D eigenvalue weighted by Crippen LogP contribution is 2.31. The van der Waals surface area contributed by atoms with Crippen molar-refractivity contribution in [3.63, 3.8) is 0 Å². The van der Waals surface area contributed by atoms with E-state index in [0.717, 1.165) is 32.5 Å². The summed E-state index contributed by atoms with van der Waals surface area (Å²) in [6.45, 7) is 0. The van der Waals surface area contributed by atoms with Crippen molar-refractivity contribution in [2.45, 2.75) is 6.04 Å². The number of fused-ring (bicyclic) bond motifs is 1. The first-order valence-corrected chi connectivity index (χ1v) is 7.06. The molecule has 0 amide bonds. The van der Waals surface area contributed by atoms with E-state index in [9.17, 15) is 0 Å². The Morgan fingerprint density at radius 3 is 2.70 bits per heavy atom. The molecule has 1 heterocycles. The molecule has 0 spiro atoms. The molecule has 1 unspecified atom stereocenters. The van der Waals surface area contributed by atoms with E-state index in [0.29, 0.717) is 0 Å². The van der Waals surface area contributed by atoms with Gasteiger partial charge in [0.2, 0.25) is 0 Å². The zero-order chi connectivity index (χ0) is 14.1. The summed E-state index contributed by atoms with van der Waals surface area (Å²) in [5.74, 6) is 1.51. The summed E-state index contributed by atoms with van der Waals surface area (Å²) < 4.78 is 12.0. The highest BCUT2D eigenvalue weighted by Gasteiger charge is 2.16. The summed E-state index contributed by atoms with van der Waals surface area (Å²) in [6.07, 6.45) is 0. The molecule has 0 aliphatic rings. The van der Waals surface area contributed by atoms with Crippen molar-refractivity contribution >= 4 is 26.9 Å². The van der Waals surface area contributed by atoms with Crippen molar-refractivity contribution in [1.82, 2.24) is 0 Å². The molecular formula is C16H14BrNO2. The fraction of sp³-hybridized carbons (Fsp3) is 0.125. The largest absolute Gasteiger partial charge is 0.497 e. The number of halogens is 1. The van der Waals surface area contributed by atoms with Crippen molar-refractivity contribution in [2.24, 2.45) is 5.73 Å². The highest BCUT2D eigenvalue weighted by molar-refractivity contribution is 9.10. The minimum absolute atomic E-state index is 0.302. The second-order valence-corrected chi connectivity index (χ2v) is 5.41. The lowest BCUT2D eigenvalue weighted by molar-refractivity contribution is 0.414. The minimum Gasteiger partial charge on any atom is -0.497 e. The molecule has 102 valence electrons. The average Bonchev–Trinajstić information content (AvgIpc) is 2.89. The predicted octanol–water partition coefficient (Wildman–Crippen LogP) is 4.25. The van der Waals surface area contributed by atoms with E-state index in [1.807, 2.05) is 48.5 Å². The fourth-order valence-electron chi connectivity index (χ4n) is 2.19. The first-order chi connectivity index (χ1) is 9.69. The Morgan fingerprint density at radius 1 is 1.15 bits per heavy atom. The van der Waals surface area contributed by atoms with Crippen LogP contribution in [-0.4, -0.2) is 7.11 Å². The third-order valence-electron chi connectivity index (χ3n) is 3.29. The molecule has 3 aromatic rings. The van der Waals surface area contributed by atoms with Crippen LogP contribution in [-0.2, 0) is 0 Å². The monoisotopic (exact) mass is 331 g/mol. The minimum atomic E-state index is -0.302. The Morgan fingerprint density at radius 2 is 1.95 bits per heavy atom. The maximum absolute atomic E-state index is 6.30. The molecule has 0 bridgehead atoms. The second kappa shape index (κ2) is 5.31. The van der Waals surface area contributed by atoms with Crippen LogP contribution in [0.5, 0.6) is 5.75 Å². The van der Waals surface area contributed by atoms with Crippen LogP contribution in [0.2, 0.25) is 0 Å². The van der Waals surface area contributed by atoms with Crippen LogP contribution >= 0.6 is 15.9 Å². The first kappa shape index (κ1) is 13.2. The number of nitrogens with two attached hydrogens (primary N) is 1. The molecule has 0 aliphatic heterocycles. The number of hydrogen-bond acceptors (Lipinski definition) is 3. The number of benzene rings is 2. The third-order valence-corrected chi connectivity index (χ3v) is 4.02. The van der Waals surface area contributed by atoms with Gasteiger partial charge >= 0.3 is 0 Å². The van der Waals surface area contributed by atoms with Crippen LogP contribution in [0.1, 0.15) is 17.4 Å². The second-order valence-electron chi connectivity index (χ2n) is 4.55. The summed E-state index contributed by atoms with van der Waals surface area (Å²) in [4.78, 5) is 0. The quantitative estimate of drug-likeness (QED) is 0.780. The van der Waals surface area contributed by atoms with E-state index in [1.54, 1.807) is 7.11 Å². The van der Waals surface area contributed by atoms with Crippen molar-refractivity contribution in [3.05, 3.63) is 64.3 Å². The van der Waals surface area contributed by atoms with Crippen molar-refractivity contribution < 1.29 is 9.15 Å². The lowest BCUT2D eigenvalue weighted by Gasteiger charge is -2.10. The van der Waals surface area contributed by atoms with Crippen LogP contribution < -0.4 is 10.5 Å². The van der Waals surface area contributed by atoms with Crippen LogP contribution in [0.15, 0.2) is 57.4 Å². The smallest absolute Gasteiger partial charge is 0.138 e. The van der Waals surface area contributed by atoms with Gasteiger partial charge in [0.25, 0.3) is 0 Å². The van der Waals surface area contributed by atoms with E-state index in [1.165, 1.54) is 0 Å². The number of methoxy groups -OCH3 is 1. The normalized spacial score (nSPS) is 12.6. The van der Waals surface area contributed by atoms with Gasteiger partial charge in [-0.3, -0.25) is 0 Å². The van der Waals surface area contributed by atoms with Crippen molar-refractivity contribution in [2.75, 3.05) is 7.11 Å². The van der Waals surface area contributed by atoms with Gasteiger partial charge in [-0.2, -0.15) is 0 Å². The van der Waals surface area contributed by atoms with Crippen molar-refractivity contribution in [3.8, 4) is 5.75 Å². The number of ether oxygens (including phenoxy) is 1. The van der Waals surface area contributed by atoms with Gasteiger partial charge in [-0.1, -0.05) is 34.1 Å². The number of hydrogen-bond donors (Lipinski definition) is 1. The molecule has 0 fully saturated rings. The standard InChI is InChI=1S/C16H14BrNO2/c1-19-11-7-6-10-8-15(20-14(10)9-11)16(18)12-4-2-3-5-13(12)17/h2-9,16H,18H2,1H3. The Bertz CT molecular complexity index is 751. The molecule has 0 radical (unpaired) electrons. The van der Waals surface area contributed by atoms with Crippen LogP contribution in [0.25, 0.3) is 11.0 Å². The molecule has 0 saturated heterocycles. The van der Waals surface area contributed by atoms with Gasteiger partial charge < -0.3 is 14.9 Å². The Labute approximate surface area is 125 Å². The fourth-order valence-corrected chi connectivity index (χ4v) is 2.72. The highest BCUT2D eigenvalue weighted by atomic mass is 79.9. The summed E-state index contributed by atoms with van der Waals surface area (Å²) in [7, 11) is 1.64. The Balaban J connectivity index is 2.04. The van der Waals surface area contributed by atoms with Crippen LogP contribution in [0.3, 0.4) is 0 Å². The summed E-state index contributed by atoms with van der Waals surface area (Å²) in [5.41, 5.74) is 8.07. The summed E-state index contributed by atoms with van der Waals surface area (Å²) in [6, 6.07) is 15.3. The van der Waals surface area contributed by atoms with E-state index in [4.69, 9.17) is 14.9 Å².